The maximum Gasteiger partial charge on any atom is 0.416 e. The summed E-state index contributed by atoms with van der Waals surface area (Å²) in [5, 5.41) is 4.52. The summed E-state index contributed by atoms with van der Waals surface area (Å²) >= 11 is 7.29. The molecule has 0 atom stereocenters. The van der Waals surface area contributed by atoms with Crippen LogP contribution in [-0.2, 0) is 12.6 Å². The Morgan fingerprint density at radius 2 is 1.84 bits per heavy atom. The molecule has 0 bridgehead atoms. The van der Waals surface area contributed by atoms with Crippen molar-refractivity contribution >= 4 is 33.8 Å². The smallest absolute Gasteiger partial charge is 0.332 e. The molecule has 0 aliphatic carbocycles. The number of nitrogens with one attached hydrogen (secondary N) is 1. The first-order valence-corrected chi connectivity index (χ1v) is 8.66. The summed E-state index contributed by atoms with van der Waals surface area (Å²) in [5.74, 6) is 0. The molecule has 0 aliphatic heterocycles. The Labute approximate surface area is 152 Å². The molecular formula is C18H14ClF3N2S. The van der Waals surface area contributed by atoms with Gasteiger partial charge >= 0.3 is 6.18 Å². The number of aromatic nitrogens is 1. The van der Waals surface area contributed by atoms with Crippen molar-refractivity contribution in [1.29, 1.82) is 0 Å². The van der Waals surface area contributed by atoms with Crippen LogP contribution in [0.3, 0.4) is 0 Å². The second-order valence-corrected chi connectivity index (χ2v) is 7.05. The fourth-order valence-corrected chi connectivity index (χ4v) is 3.49. The first kappa shape index (κ1) is 17.8. The van der Waals surface area contributed by atoms with E-state index in [1.54, 1.807) is 18.2 Å². The number of hydrogen-bond donors (Lipinski definition) is 1. The second-order valence-electron chi connectivity index (χ2n) is 5.53. The molecule has 25 heavy (non-hydrogen) atoms. The van der Waals surface area contributed by atoms with Crippen LogP contribution in [0.25, 0.3) is 0 Å². The van der Waals surface area contributed by atoms with Crippen molar-refractivity contribution in [3.8, 4) is 0 Å². The molecule has 1 heterocycles. The number of benzene rings is 2. The quantitative estimate of drug-likeness (QED) is 0.560. The van der Waals surface area contributed by atoms with Crippen molar-refractivity contribution < 1.29 is 13.2 Å². The lowest BCUT2D eigenvalue weighted by molar-refractivity contribution is -0.137. The molecule has 0 saturated carbocycles. The minimum atomic E-state index is -4.33. The summed E-state index contributed by atoms with van der Waals surface area (Å²) in [4.78, 5) is 5.37. The van der Waals surface area contributed by atoms with Crippen molar-refractivity contribution in [1.82, 2.24) is 4.98 Å². The Hall–Kier alpha value is -2.05. The van der Waals surface area contributed by atoms with E-state index in [1.165, 1.54) is 23.5 Å². The van der Waals surface area contributed by atoms with E-state index in [0.717, 1.165) is 22.3 Å². The molecule has 1 aromatic heterocycles. The molecule has 2 aromatic carbocycles. The van der Waals surface area contributed by atoms with Gasteiger partial charge in [-0.1, -0.05) is 29.8 Å². The normalized spacial score (nSPS) is 11.6. The monoisotopic (exact) mass is 382 g/mol. The van der Waals surface area contributed by atoms with E-state index < -0.39 is 11.7 Å². The minimum Gasteiger partial charge on any atom is -0.332 e. The van der Waals surface area contributed by atoms with Crippen LogP contribution in [0.15, 0.2) is 48.5 Å². The summed E-state index contributed by atoms with van der Waals surface area (Å²) < 4.78 is 38.5. The molecule has 0 saturated heterocycles. The highest BCUT2D eigenvalue weighted by Crippen LogP contribution is 2.32. The SMILES string of the molecule is Cc1nc(Nc2ccc(Cl)cc2)sc1Cc1cccc(C(F)(F)F)c1. The molecule has 1 N–H and O–H groups in total. The van der Waals surface area contributed by atoms with Gasteiger partial charge in [0, 0.05) is 22.0 Å². The van der Waals surface area contributed by atoms with E-state index in [0.29, 0.717) is 22.1 Å². The van der Waals surface area contributed by atoms with Gasteiger partial charge in [-0.25, -0.2) is 4.98 Å². The Bertz CT molecular complexity index is 873. The van der Waals surface area contributed by atoms with E-state index in [2.05, 4.69) is 10.3 Å². The maximum atomic E-state index is 12.8. The molecule has 130 valence electrons. The Morgan fingerprint density at radius 1 is 1.12 bits per heavy atom. The van der Waals surface area contributed by atoms with Crippen LogP contribution in [0.5, 0.6) is 0 Å². The number of nitrogens with zero attached hydrogens (tertiary/aromatic N) is 1. The van der Waals surface area contributed by atoms with Gasteiger partial charge in [-0.3, -0.25) is 0 Å². The first-order chi connectivity index (χ1) is 11.8. The molecule has 0 unspecified atom stereocenters. The zero-order valence-electron chi connectivity index (χ0n) is 13.2. The number of anilines is 2. The summed E-state index contributed by atoms with van der Waals surface area (Å²) in [6, 6.07) is 12.6. The van der Waals surface area contributed by atoms with E-state index in [9.17, 15) is 13.2 Å². The number of aryl methyl sites for hydroxylation is 1. The number of alkyl halides is 3. The van der Waals surface area contributed by atoms with Crippen LogP contribution in [0, 0.1) is 6.92 Å². The molecule has 0 fully saturated rings. The molecule has 0 spiro atoms. The lowest BCUT2D eigenvalue weighted by atomic mass is 10.1. The zero-order chi connectivity index (χ0) is 18.0. The molecule has 0 radical (unpaired) electrons. The van der Waals surface area contributed by atoms with Gasteiger partial charge in [0.05, 0.1) is 11.3 Å². The lowest BCUT2D eigenvalue weighted by Crippen LogP contribution is -2.05. The highest BCUT2D eigenvalue weighted by atomic mass is 35.5. The lowest BCUT2D eigenvalue weighted by Gasteiger charge is -2.08. The number of halogens is 4. The summed E-state index contributed by atoms with van der Waals surface area (Å²) in [6.07, 6.45) is -3.92. The summed E-state index contributed by atoms with van der Waals surface area (Å²) in [7, 11) is 0. The molecular weight excluding hydrogens is 369 g/mol. The molecule has 2 nitrogen and oxygen atoms in total. The van der Waals surface area contributed by atoms with Gasteiger partial charge in [0.1, 0.15) is 0 Å². The third-order valence-corrected chi connectivity index (χ3v) is 4.93. The molecule has 3 aromatic rings. The highest BCUT2D eigenvalue weighted by Gasteiger charge is 2.30. The zero-order valence-corrected chi connectivity index (χ0v) is 14.8. The average Bonchev–Trinajstić information content (AvgIpc) is 2.88. The first-order valence-electron chi connectivity index (χ1n) is 7.46. The van der Waals surface area contributed by atoms with Crippen molar-refractivity contribution in [3.63, 3.8) is 0 Å². The van der Waals surface area contributed by atoms with Crippen molar-refractivity contribution in [2.75, 3.05) is 5.32 Å². The van der Waals surface area contributed by atoms with Crippen LogP contribution in [0.1, 0.15) is 21.7 Å². The predicted molar refractivity (Wildman–Crippen MR) is 95.8 cm³/mol. The van der Waals surface area contributed by atoms with E-state index in [1.807, 2.05) is 19.1 Å². The predicted octanol–water partition coefficient (Wildman–Crippen LogP) is 6.46. The Morgan fingerprint density at radius 3 is 2.52 bits per heavy atom. The van der Waals surface area contributed by atoms with E-state index in [-0.39, 0.29) is 0 Å². The third kappa shape index (κ3) is 4.52. The summed E-state index contributed by atoms with van der Waals surface area (Å²) in [6.45, 7) is 1.85. The van der Waals surface area contributed by atoms with Gasteiger partial charge in [0.15, 0.2) is 5.13 Å². The van der Waals surface area contributed by atoms with Crippen LogP contribution in [-0.4, -0.2) is 4.98 Å². The standard InChI is InChI=1S/C18H14ClF3N2S/c1-11-16(10-12-3-2-4-13(9-12)18(20,21)22)25-17(23-11)24-15-7-5-14(19)6-8-15/h2-9H,10H2,1H3,(H,23,24). The van der Waals surface area contributed by atoms with Gasteiger partial charge in [0.2, 0.25) is 0 Å². The number of thiazole rings is 1. The van der Waals surface area contributed by atoms with Crippen molar-refractivity contribution in [2.24, 2.45) is 0 Å². The van der Waals surface area contributed by atoms with Gasteiger partial charge in [0.25, 0.3) is 0 Å². The average molecular weight is 383 g/mol. The number of rotatable bonds is 4. The van der Waals surface area contributed by atoms with Crippen LogP contribution >= 0.6 is 22.9 Å². The summed E-state index contributed by atoms with van der Waals surface area (Å²) in [5.41, 5.74) is 1.63. The van der Waals surface area contributed by atoms with Gasteiger partial charge in [-0.05, 0) is 42.8 Å². The highest BCUT2D eigenvalue weighted by molar-refractivity contribution is 7.15. The van der Waals surface area contributed by atoms with Crippen molar-refractivity contribution in [2.45, 2.75) is 19.5 Å². The molecule has 0 amide bonds. The van der Waals surface area contributed by atoms with Crippen molar-refractivity contribution in [3.05, 3.63) is 75.3 Å². The fraction of sp³-hybridized carbons (Fsp3) is 0.167. The fourth-order valence-electron chi connectivity index (χ4n) is 2.35. The minimum absolute atomic E-state index is 0.412. The van der Waals surface area contributed by atoms with E-state index in [4.69, 9.17) is 11.6 Å². The third-order valence-electron chi connectivity index (χ3n) is 3.61. The van der Waals surface area contributed by atoms with Gasteiger partial charge < -0.3 is 5.32 Å². The van der Waals surface area contributed by atoms with Crippen LogP contribution < -0.4 is 5.32 Å². The van der Waals surface area contributed by atoms with Gasteiger partial charge in [-0.15, -0.1) is 11.3 Å². The molecule has 3 rings (SSSR count). The Kier molecular flexibility index (Phi) is 5.01. The van der Waals surface area contributed by atoms with E-state index >= 15 is 0 Å². The largest absolute Gasteiger partial charge is 0.416 e. The molecule has 7 heteroatoms. The second kappa shape index (κ2) is 7.06. The van der Waals surface area contributed by atoms with Crippen LogP contribution in [0.4, 0.5) is 24.0 Å². The topological polar surface area (TPSA) is 24.9 Å². The Balaban J connectivity index is 1.78. The van der Waals surface area contributed by atoms with Crippen LogP contribution in [0.2, 0.25) is 5.02 Å². The maximum absolute atomic E-state index is 12.8. The number of hydrogen-bond acceptors (Lipinski definition) is 3. The molecule has 0 aliphatic rings. The van der Waals surface area contributed by atoms with Gasteiger partial charge in [-0.2, -0.15) is 13.2 Å².